The van der Waals surface area contributed by atoms with E-state index in [4.69, 9.17) is 14.6 Å². The zero-order valence-electron chi connectivity index (χ0n) is 25.5. The van der Waals surface area contributed by atoms with Gasteiger partial charge in [0.25, 0.3) is 0 Å². The van der Waals surface area contributed by atoms with E-state index in [2.05, 4.69) is 20.8 Å². The van der Waals surface area contributed by atoms with Gasteiger partial charge in [-0.15, -0.1) is 0 Å². The average Bonchev–Trinajstić information content (AvgIpc) is 3.28. The molecule has 0 radical (unpaired) electrons. The van der Waals surface area contributed by atoms with Crippen molar-refractivity contribution in [1.82, 2.24) is 0 Å². The Hall–Kier alpha value is -2.37. The molecule has 0 aliphatic heterocycles. The molecule has 0 saturated heterocycles. The zero-order valence-corrected chi connectivity index (χ0v) is 25.5. The number of ether oxygens (including phenoxy) is 2. The van der Waals surface area contributed by atoms with E-state index in [1.54, 1.807) is 12.1 Å². The molecule has 0 amide bonds. The topological polar surface area (TPSA) is 89.9 Å². The van der Waals surface area contributed by atoms with Crippen molar-refractivity contribution in [2.45, 2.75) is 110 Å². The Labute approximate surface area is 245 Å². The van der Waals surface area contributed by atoms with Gasteiger partial charge >= 0.3 is 17.9 Å². The van der Waals surface area contributed by atoms with Gasteiger partial charge in [0, 0.05) is 6.42 Å². The van der Waals surface area contributed by atoms with Crippen LogP contribution in [0.25, 0.3) is 0 Å². The Morgan fingerprint density at radius 2 is 1.63 bits per heavy atom. The molecule has 5 rings (SSSR count). The summed E-state index contributed by atoms with van der Waals surface area (Å²) in [4.78, 5) is 35.7. The molecular formula is C35H50O6. The molecule has 41 heavy (non-hydrogen) atoms. The smallest absolute Gasteiger partial charge is 0.310 e. The van der Waals surface area contributed by atoms with Crippen molar-refractivity contribution in [3.63, 3.8) is 0 Å². The molecule has 0 heterocycles. The number of carbonyl (C=O) groups excluding carboxylic acids is 2. The predicted octanol–water partition coefficient (Wildman–Crippen LogP) is 7.02. The van der Waals surface area contributed by atoms with E-state index in [-0.39, 0.29) is 30.9 Å². The van der Waals surface area contributed by atoms with E-state index in [1.807, 2.05) is 12.1 Å². The van der Waals surface area contributed by atoms with E-state index >= 15 is 0 Å². The number of benzene rings is 1. The molecule has 4 aliphatic rings. The van der Waals surface area contributed by atoms with Gasteiger partial charge in [-0.2, -0.15) is 0 Å². The minimum absolute atomic E-state index is 0.0142. The highest BCUT2D eigenvalue weighted by atomic mass is 16.5. The first kappa shape index (κ1) is 30.1. The minimum atomic E-state index is -0.870. The van der Waals surface area contributed by atoms with Crippen LogP contribution < -0.4 is 0 Å². The number of rotatable bonds is 9. The fourth-order valence-electron chi connectivity index (χ4n) is 10.4. The molecule has 1 N–H and O–H groups in total. The van der Waals surface area contributed by atoms with Crippen LogP contribution in [0.5, 0.6) is 0 Å². The number of carboxylic acid groups (broad SMARTS) is 1. The molecule has 226 valence electrons. The highest BCUT2D eigenvalue weighted by Crippen LogP contribution is 2.68. The zero-order chi connectivity index (χ0) is 29.4. The first-order chi connectivity index (χ1) is 19.5. The molecule has 9 atom stereocenters. The van der Waals surface area contributed by atoms with Crippen LogP contribution in [0.15, 0.2) is 24.3 Å². The van der Waals surface area contributed by atoms with Crippen molar-refractivity contribution in [2.24, 2.45) is 46.3 Å². The fraction of sp³-hybridized carbons (Fsp3) is 0.743. The van der Waals surface area contributed by atoms with E-state index in [0.717, 1.165) is 49.0 Å². The largest absolute Gasteiger partial charge is 0.481 e. The highest BCUT2D eigenvalue weighted by molar-refractivity contribution is 5.73. The lowest BCUT2D eigenvalue weighted by Gasteiger charge is -2.61. The summed E-state index contributed by atoms with van der Waals surface area (Å²) < 4.78 is 10.9. The maximum atomic E-state index is 12.9. The van der Waals surface area contributed by atoms with E-state index in [1.165, 1.54) is 45.6 Å². The van der Waals surface area contributed by atoms with Gasteiger partial charge in [-0.25, -0.2) is 0 Å². The molecule has 0 bridgehead atoms. The van der Waals surface area contributed by atoms with Crippen LogP contribution in [0.1, 0.15) is 103 Å². The fourth-order valence-corrected chi connectivity index (χ4v) is 10.4. The van der Waals surface area contributed by atoms with Gasteiger partial charge in [0.1, 0.15) is 6.10 Å². The van der Waals surface area contributed by atoms with Crippen molar-refractivity contribution < 1.29 is 29.0 Å². The van der Waals surface area contributed by atoms with Gasteiger partial charge in [0.05, 0.1) is 20.0 Å². The minimum Gasteiger partial charge on any atom is -0.481 e. The Kier molecular flexibility index (Phi) is 8.87. The summed E-state index contributed by atoms with van der Waals surface area (Å²) >= 11 is 0. The van der Waals surface area contributed by atoms with Gasteiger partial charge in [-0.1, -0.05) is 45.0 Å². The summed E-state index contributed by atoms with van der Waals surface area (Å²) in [6.45, 7) is 7.48. The van der Waals surface area contributed by atoms with E-state index in [0.29, 0.717) is 40.6 Å². The van der Waals surface area contributed by atoms with Gasteiger partial charge in [-0.05, 0) is 122 Å². The number of carbonyl (C=O) groups is 3. The normalized spacial score (nSPS) is 36.8. The SMILES string of the molecule is COC(=O)CC[C@@H](C)[C@H]1CC[C@H]2[C@@H]3CC[C@@H]4C[C@H](OC(=O)Cc5cccc(CC(=O)O)c5)CC[C@]4(C)[C@H]3CC[C@]12C. The number of hydrogen-bond acceptors (Lipinski definition) is 5. The van der Waals surface area contributed by atoms with Crippen molar-refractivity contribution in [3.8, 4) is 0 Å². The van der Waals surface area contributed by atoms with Crippen LogP contribution in [0.4, 0.5) is 0 Å². The summed E-state index contributed by atoms with van der Waals surface area (Å²) in [5, 5.41) is 9.07. The molecule has 4 saturated carbocycles. The Bertz CT molecular complexity index is 1130. The predicted molar refractivity (Wildman–Crippen MR) is 157 cm³/mol. The van der Waals surface area contributed by atoms with Gasteiger partial charge < -0.3 is 14.6 Å². The summed E-state index contributed by atoms with van der Waals surface area (Å²) in [6.07, 6.45) is 12.4. The number of aliphatic carboxylic acids is 1. The van der Waals surface area contributed by atoms with Crippen LogP contribution in [0, 0.1) is 46.3 Å². The number of carboxylic acids is 1. The lowest BCUT2D eigenvalue weighted by molar-refractivity contribution is -0.162. The van der Waals surface area contributed by atoms with Gasteiger partial charge in [0.2, 0.25) is 0 Å². The molecule has 4 aliphatic carbocycles. The van der Waals surface area contributed by atoms with Crippen molar-refractivity contribution in [1.29, 1.82) is 0 Å². The molecule has 6 nitrogen and oxygen atoms in total. The lowest BCUT2D eigenvalue weighted by atomic mass is 9.44. The van der Waals surface area contributed by atoms with E-state index < -0.39 is 5.97 Å². The molecule has 0 spiro atoms. The Morgan fingerprint density at radius 3 is 2.37 bits per heavy atom. The third kappa shape index (κ3) is 6.08. The van der Waals surface area contributed by atoms with Crippen LogP contribution in [-0.2, 0) is 36.7 Å². The van der Waals surface area contributed by atoms with Crippen LogP contribution in [-0.4, -0.2) is 36.2 Å². The van der Waals surface area contributed by atoms with Crippen molar-refractivity contribution >= 4 is 17.9 Å². The summed E-state index contributed by atoms with van der Waals surface area (Å²) in [6, 6.07) is 7.28. The van der Waals surface area contributed by atoms with E-state index in [9.17, 15) is 14.4 Å². The number of methoxy groups -OCH3 is 1. The standard InChI is InChI=1S/C35H50O6/c1-22(8-13-32(38)40-4)28-11-12-29-27-10-9-25-21-26(14-16-34(25,2)30(27)15-17-35(28,29)3)41-33(39)20-24-7-5-6-23(18-24)19-31(36)37/h5-7,18,22,25-30H,8-17,19-21H2,1-4H3,(H,36,37)/t22-,25-,26-,27+,28-,29+,30+,34+,35-/m1/s1. The number of hydrogen-bond donors (Lipinski definition) is 1. The Balaban J connectivity index is 1.18. The number of fused-ring (bicyclic) bond motifs is 5. The monoisotopic (exact) mass is 566 g/mol. The summed E-state index contributed by atoms with van der Waals surface area (Å²) in [5.74, 6) is 3.05. The molecule has 1 aromatic carbocycles. The van der Waals surface area contributed by atoms with Gasteiger partial charge in [-0.3, -0.25) is 14.4 Å². The second kappa shape index (κ2) is 12.1. The van der Waals surface area contributed by atoms with Crippen molar-refractivity contribution in [3.05, 3.63) is 35.4 Å². The average molecular weight is 567 g/mol. The molecule has 1 aromatic rings. The first-order valence-corrected chi connectivity index (χ1v) is 16.1. The molecule has 0 unspecified atom stereocenters. The summed E-state index contributed by atoms with van der Waals surface area (Å²) in [5.41, 5.74) is 2.23. The molecule has 4 fully saturated rings. The van der Waals surface area contributed by atoms with Crippen molar-refractivity contribution in [2.75, 3.05) is 7.11 Å². The molecule has 0 aromatic heterocycles. The highest BCUT2D eigenvalue weighted by Gasteiger charge is 2.60. The molecule has 6 heteroatoms. The van der Waals surface area contributed by atoms with Gasteiger partial charge in [0.15, 0.2) is 0 Å². The lowest BCUT2D eigenvalue weighted by Crippen LogP contribution is -2.54. The van der Waals surface area contributed by atoms with Crippen LogP contribution >= 0.6 is 0 Å². The summed E-state index contributed by atoms with van der Waals surface area (Å²) in [7, 11) is 1.49. The second-order valence-corrected chi connectivity index (χ2v) is 14.4. The van der Waals surface area contributed by atoms with Crippen LogP contribution in [0.3, 0.4) is 0 Å². The second-order valence-electron chi connectivity index (χ2n) is 14.4. The first-order valence-electron chi connectivity index (χ1n) is 16.1. The maximum Gasteiger partial charge on any atom is 0.310 e. The Morgan fingerprint density at radius 1 is 0.927 bits per heavy atom. The van der Waals surface area contributed by atoms with Crippen LogP contribution in [0.2, 0.25) is 0 Å². The third-order valence-corrected chi connectivity index (χ3v) is 12.4. The quantitative estimate of drug-likeness (QED) is 0.323. The number of esters is 2. The molecular weight excluding hydrogens is 516 g/mol. The maximum absolute atomic E-state index is 12.9. The third-order valence-electron chi connectivity index (χ3n) is 12.4.